The molecule has 1 aromatic rings. The second-order valence-corrected chi connectivity index (χ2v) is 6.27. The van der Waals surface area contributed by atoms with Gasteiger partial charge >= 0.3 is 11.9 Å². The van der Waals surface area contributed by atoms with Crippen molar-refractivity contribution in [2.75, 3.05) is 13.2 Å². The first kappa shape index (κ1) is 24.7. The number of hydrogen-bond acceptors (Lipinski definition) is 7. The summed E-state index contributed by atoms with van der Waals surface area (Å²) in [6.07, 6.45) is -0.103. The topological polar surface area (TPSA) is 104 Å². The molecule has 0 aliphatic rings. The fraction of sp³-hybridized carbons (Fsp3) is 0.421. The summed E-state index contributed by atoms with van der Waals surface area (Å²) in [4.78, 5) is 55.7. The van der Waals surface area contributed by atoms with Crippen molar-refractivity contribution in [2.45, 2.75) is 34.1 Å². The monoisotopic (exact) mass is 442 g/mol. The van der Waals surface area contributed by atoms with Crippen LogP contribution in [-0.2, 0) is 28.7 Å². The number of halogens is 1. The molecule has 0 aliphatic heterocycles. The molecule has 0 amide bonds. The van der Waals surface area contributed by atoms with Crippen molar-refractivity contribution in [3.8, 4) is 0 Å². The Hall–Kier alpha value is -2.35. The van der Waals surface area contributed by atoms with Gasteiger partial charge in [-0.1, -0.05) is 28.1 Å². The van der Waals surface area contributed by atoms with Crippen molar-refractivity contribution in [3.63, 3.8) is 0 Å². The number of ether oxygens (including phenoxy) is 2. The number of hydrogen-bond donors (Lipinski definition) is 0. The van der Waals surface area contributed by atoms with Crippen molar-refractivity contribution in [1.29, 1.82) is 0 Å². The first-order chi connectivity index (χ1) is 12.6. The molecule has 7 nitrogen and oxygen atoms in total. The van der Waals surface area contributed by atoms with E-state index in [2.05, 4.69) is 20.7 Å². The third-order valence-electron chi connectivity index (χ3n) is 3.02. The lowest BCUT2D eigenvalue weighted by Gasteiger charge is -2.11. The molecule has 0 fully saturated rings. The van der Waals surface area contributed by atoms with Gasteiger partial charge in [0.25, 0.3) is 0 Å². The van der Waals surface area contributed by atoms with Gasteiger partial charge in [-0.05, 0) is 39.8 Å². The lowest BCUT2D eigenvalue weighted by Crippen LogP contribution is -2.32. The number of benzene rings is 1. The molecule has 0 aliphatic carbocycles. The van der Waals surface area contributed by atoms with Crippen molar-refractivity contribution in [3.05, 3.63) is 34.3 Å². The van der Waals surface area contributed by atoms with E-state index in [9.17, 15) is 24.0 Å². The van der Waals surface area contributed by atoms with Gasteiger partial charge in [-0.2, -0.15) is 0 Å². The van der Waals surface area contributed by atoms with Crippen LogP contribution in [0.1, 0.15) is 44.5 Å². The molecule has 1 atom stereocenters. The summed E-state index contributed by atoms with van der Waals surface area (Å²) in [6, 6.07) is 6.47. The van der Waals surface area contributed by atoms with E-state index in [-0.39, 0.29) is 18.8 Å². The van der Waals surface area contributed by atoms with E-state index in [4.69, 9.17) is 4.74 Å². The number of carbonyl (C=O) groups is 5. The van der Waals surface area contributed by atoms with Gasteiger partial charge in [-0.3, -0.25) is 24.0 Å². The Labute approximate surface area is 166 Å². The second-order valence-electron chi connectivity index (χ2n) is 5.35. The summed E-state index contributed by atoms with van der Waals surface area (Å²) in [5, 5.41) is 0. The molecule has 0 saturated carbocycles. The maximum atomic E-state index is 12.1. The maximum Gasteiger partial charge on any atom is 0.324 e. The van der Waals surface area contributed by atoms with Crippen LogP contribution in [-0.4, -0.2) is 42.5 Å². The van der Waals surface area contributed by atoms with Gasteiger partial charge in [0.05, 0.1) is 13.2 Å². The number of esters is 2. The van der Waals surface area contributed by atoms with Gasteiger partial charge in [-0.15, -0.1) is 0 Å². The Bertz CT molecular complexity index is 680. The van der Waals surface area contributed by atoms with Crippen molar-refractivity contribution < 1.29 is 33.4 Å². The largest absolute Gasteiger partial charge is 0.466 e. The third kappa shape index (κ3) is 9.79. The fourth-order valence-electron chi connectivity index (χ4n) is 1.88. The van der Waals surface area contributed by atoms with Crippen molar-refractivity contribution >= 4 is 45.2 Å². The molecule has 1 unspecified atom stereocenters. The molecule has 0 spiro atoms. The molecule has 1 rings (SSSR count). The van der Waals surface area contributed by atoms with Crippen LogP contribution < -0.4 is 0 Å². The second kappa shape index (κ2) is 12.9. The summed E-state index contributed by atoms with van der Waals surface area (Å²) >= 11 is 3.24. The number of Topliss-reactive ketones (excluding diaryl/α,β-unsaturated/α-hetero) is 3. The SMILES string of the molecule is CCOC(=O)C(C(C)=O)C(=O)c1ccc(Br)cc1.CCOC(=O)CC(C)=O. The van der Waals surface area contributed by atoms with E-state index < -0.39 is 29.4 Å². The minimum atomic E-state index is -1.37. The molecule has 0 heterocycles. The molecule has 1 aromatic carbocycles. The number of carbonyl (C=O) groups excluding carboxylic acids is 5. The standard InChI is InChI=1S/C13H13BrO4.C6H10O3/c1-3-18-13(17)11(8(2)15)12(16)9-4-6-10(14)7-5-9;1-3-9-6(8)4-5(2)7/h4-7,11H,3H2,1-2H3;3-4H2,1-2H3. The predicted octanol–water partition coefficient (Wildman–Crippen LogP) is 2.93. The maximum absolute atomic E-state index is 12.1. The lowest BCUT2D eigenvalue weighted by molar-refractivity contribution is -0.149. The first-order valence-corrected chi connectivity index (χ1v) is 9.05. The minimum absolute atomic E-state index is 0.103. The smallest absolute Gasteiger partial charge is 0.324 e. The molecule has 0 radical (unpaired) electrons. The molecule has 0 aromatic heterocycles. The molecule has 27 heavy (non-hydrogen) atoms. The summed E-state index contributed by atoms with van der Waals surface area (Å²) in [6.45, 7) is 6.37. The van der Waals surface area contributed by atoms with E-state index in [0.717, 1.165) is 4.47 Å². The van der Waals surface area contributed by atoms with Gasteiger partial charge in [0.1, 0.15) is 12.2 Å². The summed E-state index contributed by atoms with van der Waals surface area (Å²) < 4.78 is 10.0. The quantitative estimate of drug-likeness (QED) is 0.346. The third-order valence-corrected chi connectivity index (χ3v) is 3.55. The fourth-order valence-corrected chi connectivity index (χ4v) is 2.14. The summed E-state index contributed by atoms with van der Waals surface area (Å²) in [5.74, 6) is -3.81. The van der Waals surface area contributed by atoms with E-state index >= 15 is 0 Å². The highest BCUT2D eigenvalue weighted by atomic mass is 79.9. The Morgan fingerprint density at radius 1 is 0.926 bits per heavy atom. The highest BCUT2D eigenvalue weighted by Gasteiger charge is 2.33. The Balaban J connectivity index is 0.000000636. The van der Waals surface area contributed by atoms with Crippen molar-refractivity contribution in [1.82, 2.24) is 0 Å². The average Bonchev–Trinajstić information content (AvgIpc) is 2.55. The first-order valence-electron chi connectivity index (χ1n) is 8.25. The van der Waals surface area contributed by atoms with E-state index in [1.54, 1.807) is 38.1 Å². The molecule has 8 heteroatoms. The van der Waals surface area contributed by atoms with Crippen LogP contribution in [0.4, 0.5) is 0 Å². The van der Waals surface area contributed by atoms with Crippen LogP contribution in [0.25, 0.3) is 0 Å². The molecule has 0 bridgehead atoms. The zero-order chi connectivity index (χ0) is 21.0. The van der Waals surface area contributed by atoms with Gasteiger partial charge in [-0.25, -0.2) is 0 Å². The Morgan fingerprint density at radius 3 is 1.85 bits per heavy atom. The van der Waals surface area contributed by atoms with E-state index in [0.29, 0.717) is 12.2 Å². The van der Waals surface area contributed by atoms with Gasteiger partial charge in [0.2, 0.25) is 0 Å². The Morgan fingerprint density at radius 2 is 1.44 bits per heavy atom. The molecule has 148 valence electrons. The van der Waals surface area contributed by atoms with Crippen LogP contribution in [0.15, 0.2) is 28.7 Å². The summed E-state index contributed by atoms with van der Waals surface area (Å²) in [5.41, 5.74) is 0.312. The van der Waals surface area contributed by atoms with E-state index in [1.807, 2.05) is 0 Å². The van der Waals surface area contributed by atoms with Crippen molar-refractivity contribution in [2.24, 2.45) is 5.92 Å². The van der Waals surface area contributed by atoms with E-state index in [1.165, 1.54) is 13.8 Å². The van der Waals surface area contributed by atoms with Crippen LogP contribution in [0.5, 0.6) is 0 Å². The van der Waals surface area contributed by atoms with Gasteiger partial charge < -0.3 is 9.47 Å². The molecular formula is C19H23BrO7. The molecule has 0 saturated heterocycles. The molecular weight excluding hydrogens is 420 g/mol. The normalized spacial score (nSPS) is 10.7. The predicted molar refractivity (Wildman–Crippen MR) is 101 cm³/mol. The zero-order valence-electron chi connectivity index (χ0n) is 15.7. The van der Waals surface area contributed by atoms with Crippen LogP contribution >= 0.6 is 15.9 Å². The van der Waals surface area contributed by atoms with Crippen LogP contribution in [0, 0.1) is 5.92 Å². The number of ketones is 3. The number of rotatable bonds is 8. The van der Waals surface area contributed by atoms with Crippen LogP contribution in [0.3, 0.4) is 0 Å². The minimum Gasteiger partial charge on any atom is -0.466 e. The van der Waals surface area contributed by atoms with Gasteiger partial charge in [0, 0.05) is 10.0 Å². The highest BCUT2D eigenvalue weighted by Crippen LogP contribution is 2.16. The Kier molecular flexibility index (Phi) is 11.8. The lowest BCUT2D eigenvalue weighted by atomic mass is 9.94. The average molecular weight is 443 g/mol. The highest BCUT2D eigenvalue weighted by molar-refractivity contribution is 9.10. The van der Waals surface area contributed by atoms with Gasteiger partial charge in [0.15, 0.2) is 17.5 Å². The van der Waals surface area contributed by atoms with Crippen LogP contribution in [0.2, 0.25) is 0 Å². The summed E-state index contributed by atoms with van der Waals surface area (Å²) in [7, 11) is 0. The molecule has 0 N–H and O–H groups in total. The zero-order valence-corrected chi connectivity index (χ0v) is 17.3.